The summed E-state index contributed by atoms with van der Waals surface area (Å²) in [6, 6.07) is 0. The number of nitrogens with zero attached hydrogens (tertiary/aromatic N) is 4. The lowest BCUT2D eigenvalue weighted by Crippen LogP contribution is -2.46. The van der Waals surface area contributed by atoms with Crippen molar-refractivity contribution in [2.24, 2.45) is 10.8 Å². The van der Waals surface area contributed by atoms with E-state index < -0.39 is 49.1 Å². The van der Waals surface area contributed by atoms with Crippen LogP contribution >= 0.6 is 31.3 Å². The van der Waals surface area contributed by atoms with Crippen molar-refractivity contribution in [3.05, 3.63) is 12.2 Å². The maximum absolute atomic E-state index is 16.2. The van der Waals surface area contributed by atoms with Crippen LogP contribution in [0.15, 0.2) is 6.33 Å². The number of halogens is 2. The third-order valence-corrected chi connectivity index (χ3v) is 10.5. The van der Waals surface area contributed by atoms with Gasteiger partial charge in [-0.3, -0.25) is 27.7 Å². The number of phosphoric acid groups is 1. The first-order valence-electron chi connectivity index (χ1n) is 14.2. The van der Waals surface area contributed by atoms with Crippen LogP contribution in [0.1, 0.15) is 60.5 Å². The molecule has 13 nitrogen and oxygen atoms in total. The molecule has 0 unspecified atom stereocenters. The van der Waals surface area contributed by atoms with Gasteiger partial charge in [0.2, 0.25) is 0 Å². The van der Waals surface area contributed by atoms with E-state index in [0.717, 1.165) is 35.0 Å². The third kappa shape index (κ3) is 9.01. The molecule has 3 heterocycles. The van der Waals surface area contributed by atoms with Gasteiger partial charge in [-0.1, -0.05) is 65.1 Å². The van der Waals surface area contributed by atoms with Gasteiger partial charge in [0.05, 0.1) is 19.5 Å². The van der Waals surface area contributed by atoms with E-state index in [1.165, 1.54) is 6.33 Å². The summed E-state index contributed by atoms with van der Waals surface area (Å²) in [5, 5.41) is 13.4. The summed E-state index contributed by atoms with van der Waals surface area (Å²) in [5.41, 5.74) is -3.58. The first-order valence-corrected chi connectivity index (χ1v) is 17.6. The van der Waals surface area contributed by atoms with Gasteiger partial charge in [-0.2, -0.15) is 0 Å². The van der Waals surface area contributed by atoms with E-state index in [-0.39, 0.29) is 46.1 Å². The second kappa shape index (κ2) is 14.2. The maximum atomic E-state index is 16.2. The Kier molecular flexibility index (Phi) is 11.9. The maximum Gasteiger partial charge on any atom is 0.475 e. The summed E-state index contributed by atoms with van der Waals surface area (Å²) < 4.78 is 68.3. The molecule has 1 aliphatic rings. The molecule has 3 rings (SSSR count). The molecule has 0 bridgehead atoms. The Morgan fingerprint density at radius 3 is 2.09 bits per heavy atom. The van der Waals surface area contributed by atoms with Crippen molar-refractivity contribution in [1.82, 2.24) is 19.5 Å². The number of carbonyl (C=O) groups excluding carboxylic acids is 2. The molecule has 0 aliphatic carbocycles. The molecule has 2 N–H and O–H groups in total. The normalized spacial score (nSPS) is 24.4. The molecule has 0 amide bonds. The van der Waals surface area contributed by atoms with Crippen LogP contribution in [0.25, 0.3) is 11.2 Å². The number of aliphatic hydroxyl groups excluding tert-OH is 1. The van der Waals surface area contributed by atoms with Gasteiger partial charge >= 0.3 is 7.82 Å². The standard InChI is InChI=1S/C27H42F2N5O8PS2/c1-16-32-18(30-9)17-19(33-16)34(15-31-17)21-26(8,28)20(35)27(29,42-21)14-41-43(38,39-10-12-44-22(36)24(2,3)4)40-11-13-45-23(37)25(5,6)7/h15,20-21,35H,10-14H2,1-9H3,(H,30,32,33)/t20-,21+,26+,27+/m0/s1. The van der Waals surface area contributed by atoms with Gasteiger partial charge in [-0.25, -0.2) is 28.3 Å². The molecule has 0 aromatic carbocycles. The number of hydrogen-bond donors (Lipinski definition) is 2. The van der Waals surface area contributed by atoms with Crippen molar-refractivity contribution in [1.29, 1.82) is 0 Å². The third-order valence-electron chi connectivity index (χ3n) is 6.53. The molecule has 0 spiro atoms. The van der Waals surface area contributed by atoms with Crippen LogP contribution in [-0.2, 0) is 32.5 Å². The molecule has 254 valence electrons. The fourth-order valence-corrected chi connectivity index (χ4v) is 7.02. The van der Waals surface area contributed by atoms with E-state index >= 15 is 8.78 Å². The fraction of sp³-hybridized carbons (Fsp3) is 0.741. The van der Waals surface area contributed by atoms with Crippen molar-refractivity contribution < 1.29 is 46.3 Å². The predicted molar refractivity (Wildman–Crippen MR) is 168 cm³/mol. The summed E-state index contributed by atoms with van der Waals surface area (Å²) in [6.45, 7) is 11.2. The van der Waals surface area contributed by atoms with Crippen LogP contribution in [0.5, 0.6) is 0 Å². The Balaban J connectivity index is 1.77. The first-order chi connectivity index (χ1) is 20.6. The van der Waals surface area contributed by atoms with Gasteiger partial charge in [0.1, 0.15) is 12.4 Å². The van der Waals surface area contributed by atoms with Crippen molar-refractivity contribution in [2.75, 3.05) is 43.7 Å². The number of aromatic nitrogens is 4. The van der Waals surface area contributed by atoms with Crippen LogP contribution in [0.2, 0.25) is 0 Å². The Morgan fingerprint density at radius 1 is 1.07 bits per heavy atom. The molecular weight excluding hydrogens is 655 g/mol. The van der Waals surface area contributed by atoms with Crippen molar-refractivity contribution in [2.45, 2.75) is 79.2 Å². The molecule has 45 heavy (non-hydrogen) atoms. The number of alkyl halides is 2. The number of anilines is 1. The molecule has 1 fully saturated rings. The van der Waals surface area contributed by atoms with Gasteiger partial charge < -0.3 is 15.2 Å². The molecule has 4 atom stereocenters. The van der Waals surface area contributed by atoms with Crippen molar-refractivity contribution in [3.63, 3.8) is 0 Å². The van der Waals surface area contributed by atoms with Crippen LogP contribution in [0, 0.1) is 17.8 Å². The number of fused-ring (bicyclic) bond motifs is 1. The highest BCUT2D eigenvalue weighted by Gasteiger charge is 2.65. The predicted octanol–water partition coefficient (Wildman–Crippen LogP) is 5.23. The number of thioether (sulfide) groups is 2. The van der Waals surface area contributed by atoms with E-state index in [0.29, 0.717) is 11.6 Å². The van der Waals surface area contributed by atoms with Gasteiger partial charge in [-0.05, 0) is 13.8 Å². The molecular formula is C27H42F2N5O8PS2. The monoisotopic (exact) mass is 697 g/mol. The highest BCUT2D eigenvalue weighted by atomic mass is 32.2. The lowest BCUT2D eigenvalue weighted by Gasteiger charge is -2.26. The van der Waals surface area contributed by atoms with Crippen molar-refractivity contribution in [3.8, 4) is 0 Å². The summed E-state index contributed by atoms with van der Waals surface area (Å²) in [7, 11) is -2.96. The number of aliphatic hydroxyl groups is 1. The Morgan fingerprint density at radius 2 is 1.60 bits per heavy atom. The Labute approximate surface area is 269 Å². The zero-order valence-corrected chi connectivity index (χ0v) is 29.4. The molecule has 1 aliphatic heterocycles. The summed E-state index contributed by atoms with van der Waals surface area (Å²) >= 11 is 1.90. The average molecular weight is 698 g/mol. The van der Waals surface area contributed by atoms with Crippen LogP contribution < -0.4 is 5.32 Å². The van der Waals surface area contributed by atoms with Gasteiger partial charge in [0.15, 0.2) is 45.2 Å². The summed E-state index contributed by atoms with van der Waals surface area (Å²) in [6.07, 6.45) is -2.98. The summed E-state index contributed by atoms with van der Waals surface area (Å²) in [5.74, 6) is -2.38. The minimum atomic E-state index is -4.57. The molecule has 1 saturated heterocycles. The minimum absolute atomic E-state index is 0.0815. The quantitative estimate of drug-likeness (QED) is 0.207. The number of phosphoric ester groups is 1. The number of rotatable bonds is 13. The first kappa shape index (κ1) is 37.7. The second-order valence-corrected chi connectivity index (χ2v) is 16.5. The fourth-order valence-electron chi connectivity index (χ4n) is 4.01. The molecule has 0 radical (unpaired) electrons. The van der Waals surface area contributed by atoms with E-state index in [4.69, 9.17) is 18.3 Å². The second-order valence-electron chi connectivity index (χ2n) is 12.7. The molecule has 18 heteroatoms. The Bertz CT molecular complexity index is 1400. The number of carbonyl (C=O) groups is 2. The van der Waals surface area contributed by atoms with Crippen LogP contribution in [0.3, 0.4) is 0 Å². The van der Waals surface area contributed by atoms with Gasteiger partial charge in [0, 0.05) is 29.4 Å². The Hall–Kier alpha value is -1.72. The summed E-state index contributed by atoms with van der Waals surface area (Å²) in [4.78, 5) is 37.2. The van der Waals surface area contributed by atoms with Gasteiger partial charge in [-0.15, -0.1) is 0 Å². The molecule has 0 saturated carbocycles. The van der Waals surface area contributed by atoms with E-state index in [2.05, 4.69) is 20.3 Å². The van der Waals surface area contributed by atoms with Crippen molar-refractivity contribution >= 4 is 58.6 Å². The van der Waals surface area contributed by atoms with Crippen LogP contribution in [-0.4, -0.2) is 90.9 Å². The number of aryl methyl sites for hydroxylation is 1. The zero-order chi connectivity index (χ0) is 34.0. The molecule has 2 aromatic rings. The SMILES string of the molecule is CNc1nc(C)nc2c1ncn2[C@@H]1O[C@](F)(COP(=O)(OCCSC(=O)C(C)(C)C)OCCSC(=O)C(C)(C)C)[C@@H](O)[C@@]1(C)F. The molecule has 2 aromatic heterocycles. The number of hydrogen-bond acceptors (Lipinski definition) is 14. The van der Waals surface area contributed by atoms with E-state index in [1.807, 2.05) is 0 Å². The lowest BCUT2D eigenvalue weighted by atomic mass is 9.97. The number of imidazole rings is 1. The van der Waals surface area contributed by atoms with Crippen LogP contribution in [0.4, 0.5) is 14.6 Å². The smallest absolute Gasteiger partial charge is 0.384 e. The number of ether oxygens (including phenoxy) is 1. The zero-order valence-electron chi connectivity index (χ0n) is 26.9. The highest BCUT2D eigenvalue weighted by molar-refractivity contribution is 8.14. The number of nitrogens with one attached hydrogen (secondary N) is 1. The lowest BCUT2D eigenvalue weighted by molar-refractivity contribution is -0.204. The van der Waals surface area contributed by atoms with E-state index in [9.17, 15) is 19.3 Å². The van der Waals surface area contributed by atoms with Gasteiger partial charge in [0.25, 0.3) is 5.85 Å². The highest BCUT2D eigenvalue weighted by Crippen LogP contribution is 2.54. The largest absolute Gasteiger partial charge is 0.475 e. The average Bonchev–Trinajstić information content (AvgIpc) is 3.43. The van der Waals surface area contributed by atoms with E-state index in [1.54, 1.807) is 55.5 Å². The topological polar surface area (TPSA) is 164 Å². The minimum Gasteiger partial charge on any atom is -0.384 e.